The van der Waals surface area contributed by atoms with Crippen molar-refractivity contribution in [1.29, 1.82) is 0 Å². The Morgan fingerprint density at radius 3 is 2.32 bits per heavy atom. The number of carbonyl (C=O) groups is 1. The molecule has 0 bridgehead atoms. The van der Waals surface area contributed by atoms with Crippen molar-refractivity contribution in [3.8, 4) is 0 Å². The van der Waals surface area contributed by atoms with Crippen LogP contribution in [0.1, 0.15) is 5.56 Å². The number of fused-ring (bicyclic) bond motifs is 1. The molecule has 1 heterocycles. The first kappa shape index (κ1) is 17.7. The number of nitrogens with one attached hydrogen (secondary N) is 1. The molecule has 4 rings (SSSR count). The lowest BCUT2D eigenvalue weighted by atomic mass is 10.2. The SMILES string of the molecule is O=C(CN(Cc1ccccc1)c1ccccc1)Nc1cccc2cccnc12. The van der Waals surface area contributed by atoms with Crippen LogP contribution in [0.2, 0.25) is 0 Å². The first-order valence-electron chi connectivity index (χ1n) is 9.27. The highest BCUT2D eigenvalue weighted by Crippen LogP contribution is 2.21. The second-order valence-electron chi connectivity index (χ2n) is 6.61. The van der Waals surface area contributed by atoms with E-state index in [1.807, 2.05) is 78.9 Å². The highest BCUT2D eigenvalue weighted by Gasteiger charge is 2.13. The van der Waals surface area contributed by atoms with E-state index in [-0.39, 0.29) is 12.5 Å². The minimum absolute atomic E-state index is 0.0714. The summed E-state index contributed by atoms with van der Waals surface area (Å²) < 4.78 is 0. The number of rotatable bonds is 6. The van der Waals surface area contributed by atoms with Crippen molar-refractivity contribution in [2.45, 2.75) is 6.54 Å². The van der Waals surface area contributed by atoms with Crippen LogP contribution in [0.15, 0.2) is 97.2 Å². The third kappa shape index (κ3) is 4.18. The molecule has 0 atom stereocenters. The summed E-state index contributed by atoms with van der Waals surface area (Å²) in [5, 5.41) is 4.03. The quantitative estimate of drug-likeness (QED) is 0.528. The maximum Gasteiger partial charge on any atom is 0.243 e. The van der Waals surface area contributed by atoms with Gasteiger partial charge in [-0.25, -0.2) is 0 Å². The molecule has 1 amide bonds. The number of anilines is 2. The highest BCUT2D eigenvalue weighted by atomic mass is 16.2. The van der Waals surface area contributed by atoms with Crippen LogP contribution in [0.4, 0.5) is 11.4 Å². The molecule has 138 valence electrons. The smallest absolute Gasteiger partial charge is 0.243 e. The van der Waals surface area contributed by atoms with Gasteiger partial charge in [-0.3, -0.25) is 9.78 Å². The monoisotopic (exact) mass is 367 g/mol. The molecule has 0 saturated carbocycles. The van der Waals surface area contributed by atoms with Gasteiger partial charge in [0.1, 0.15) is 0 Å². The zero-order chi connectivity index (χ0) is 19.2. The van der Waals surface area contributed by atoms with Gasteiger partial charge in [0.25, 0.3) is 0 Å². The van der Waals surface area contributed by atoms with Crippen molar-refractivity contribution < 1.29 is 4.79 Å². The van der Waals surface area contributed by atoms with E-state index in [2.05, 4.69) is 27.3 Å². The molecule has 0 unspecified atom stereocenters. The summed E-state index contributed by atoms with van der Waals surface area (Å²) in [6.07, 6.45) is 1.74. The topological polar surface area (TPSA) is 45.2 Å². The molecule has 4 aromatic rings. The number of hydrogen-bond donors (Lipinski definition) is 1. The predicted molar refractivity (Wildman–Crippen MR) is 114 cm³/mol. The van der Waals surface area contributed by atoms with Gasteiger partial charge in [0.15, 0.2) is 0 Å². The maximum absolute atomic E-state index is 12.8. The molecule has 28 heavy (non-hydrogen) atoms. The van der Waals surface area contributed by atoms with Gasteiger partial charge >= 0.3 is 0 Å². The van der Waals surface area contributed by atoms with Crippen molar-refractivity contribution in [1.82, 2.24) is 4.98 Å². The average molecular weight is 367 g/mol. The Labute approximate surface area is 164 Å². The minimum atomic E-state index is -0.0714. The maximum atomic E-state index is 12.8. The predicted octanol–water partition coefficient (Wildman–Crippen LogP) is 4.88. The molecule has 0 spiro atoms. The summed E-state index contributed by atoms with van der Waals surface area (Å²) in [6, 6.07) is 29.9. The lowest BCUT2D eigenvalue weighted by molar-refractivity contribution is -0.115. The van der Waals surface area contributed by atoms with Gasteiger partial charge in [0, 0.05) is 23.8 Å². The molecular formula is C24H21N3O. The van der Waals surface area contributed by atoms with Gasteiger partial charge in [0.2, 0.25) is 5.91 Å². The fourth-order valence-electron chi connectivity index (χ4n) is 3.25. The van der Waals surface area contributed by atoms with Crippen molar-refractivity contribution in [3.63, 3.8) is 0 Å². The van der Waals surface area contributed by atoms with E-state index in [0.29, 0.717) is 6.54 Å². The van der Waals surface area contributed by atoms with E-state index in [9.17, 15) is 4.79 Å². The summed E-state index contributed by atoms with van der Waals surface area (Å²) >= 11 is 0. The van der Waals surface area contributed by atoms with Crippen LogP contribution < -0.4 is 10.2 Å². The zero-order valence-corrected chi connectivity index (χ0v) is 15.5. The lowest BCUT2D eigenvalue weighted by Crippen LogP contribution is -2.33. The van der Waals surface area contributed by atoms with Gasteiger partial charge < -0.3 is 10.2 Å². The number of hydrogen-bond acceptors (Lipinski definition) is 3. The Hall–Kier alpha value is -3.66. The highest BCUT2D eigenvalue weighted by molar-refractivity contribution is 6.01. The van der Waals surface area contributed by atoms with Crippen LogP contribution in [0.25, 0.3) is 10.9 Å². The van der Waals surface area contributed by atoms with Gasteiger partial charge in [-0.05, 0) is 29.8 Å². The van der Waals surface area contributed by atoms with Crippen LogP contribution in [-0.4, -0.2) is 17.4 Å². The number of benzene rings is 3. The second-order valence-corrected chi connectivity index (χ2v) is 6.61. The first-order valence-corrected chi connectivity index (χ1v) is 9.27. The molecule has 0 aliphatic heterocycles. The molecule has 0 aliphatic carbocycles. The van der Waals surface area contributed by atoms with E-state index >= 15 is 0 Å². The number of pyridine rings is 1. The number of para-hydroxylation sites is 2. The summed E-state index contributed by atoms with van der Waals surface area (Å²) in [4.78, 5) is 19.3. The van der Waals surface area contributed by atoms with Crippen LogP contribution >= 0.6 is 0 Å². The fourth-order valence-corrected chi connectivity index (χ4v) is 3.25. The molecule has 4 heteroatoms. The molecule has 0 aliphatic rings. The third-order valence-electron chi connectivity index (χ3n) is 4.58. The first-order chi connectivity index (χ1) is 13.8. The Morgan fingerprint density at radius 2 is 1.54 bits per heavy atom. The summed E-state index contributed by atoms with van der Waals surface area (Å²) in [5.41, 5.74) is 3.70. The summed E-state index contributed by atoms with van der Waals surface area (Å²) in [7, 11) is 0. The van der Waals surface area contributed by atoms with Crippen molar-refractivity contribution in [2.75, 3.05) is 16.8 Å². The van der Waals surface area contributed by atoms with Gasteiger partial charge in [-0.2, -0.15) is 0 Å². The second kappa shape index (κ2) is 8.35. The molecule has 1 N–H and O–H groups in total. The molecular weight excluding hydrogens is 346 g/mol. The van der Waals surface area contributed by atoms with Crippen molar-refractivity contribution >= 4 is 28.2 Å². The van der Waals surface area contributed by atoms with Crippen molar-refractivity contribution in [2.24, 2.45) is 0 Å². The average Bonchev–Trinajstić information content (AvgIpc) is 2.75. The van der Waals surface area contributed by atoms with E-state index in [1.165, 1.54) is 0 Å². The summed E-state index contributed by atoms with van der Waals surface area (Å²) in [5.74, 6) is -0.0714. The minimum Gasteiger partial charge on any atom is -0.358 e. The third-order valence-corrected chi connectivity index (χ3v) is 4.58. The normalized spacial score (nSPS) is 10.6. The van der Waals surface area contributed by atoms with E-state index in [1.54, 1.807) is 6.20 Å². The van der Waals surface area contributed by atoms with Gasteiger partial charge in [-0.15, -0.1) is 0 Å². The molecule has 0 radical (unpaired) electrons. The standard InChI is InChI=1S/C24H21N3O/c28-23(26-22-15-7-11-20-12-8-16-25-24(20)22)18-27(21-13-5-2-6-14-21)17-19-9-3-1-4-10-19/h1-16H,17-18H2,(H,26,28). The van der Waals surface area contributed by atoms with Gasteiger partial charge in [0.05, 0.1) is 17.7 Å². The fraction of sp³-hybridized carbons (Fsp3) is 0.0833. The van der Waals surface area contributed by atoms with Crippen molar-refractivity contribution in [3.05, 3.63) is 103 Å². The number of aromatic nitrogens is 1. The molecule has 0 fully saturated rings. The molecule has 3 aromatic carbocycles. The largest absolute Gasteiger partial charge is 0.358 e. The van der Waals surface area contributed by atoms with Gasteiger partial charge in [-0.1, -0.05) is 66.7 Å². The molecule has 4 nitrogen and oxygen atoms in total. The lowest BCUT2D eigenvalue weighted by Gasteiger charge is -2.24. The van der Waals surface area contributed by atoms with Crippen LogP contribution in [0.5, 0.6) is 0 Å². The summed E-state index contributed by atoms with van der Waals surface area (Å²) in [6.45, 7) is 0.911. The zero-order valence-electron chi connectivity index (χ0n) is 15.5. The number of amides is 1. The number of carbonyl (C=O) groups excluding carboxylic acids is 1. The Morgan fingerprint density at radius 1 is 0.821 bits per heavy atom. The van der Waals surface area contributed by atoms with Crippen LogP contribution in [0.3, 0.4) is 0 Å². The van der Waals surface area contributed by atoms with Crippen LogP contribution in [-0.2, 0) is 11.3 Å². The van der Waals surface area contributed by atoms with E-state index in [4.69, 9.17) is 0 Å². The van der Waals surface area contributed by atoms with E-state index < -0.39 is 0 Å². The molecule has 1 aromatic heterocycles. The van der Waals surface area contributed by atoms with E-state index in [0.717, 1.165) is 27.8 Å². The Balaban J connectivity index is 1.55. The molecule has 0 saturated heterocycles. The van der Waals surface area contributed by atoms with Crippen LogP contribution in [0, 0.1) is 0 Å². The Kier molecular flexibility index (Phi) is 5.29. The Bertz CT molecular complexity index is 1060. The number of nitrogens with zero attached hydrogens (tertiary/aromatic N) is 2.